The van der Waals surface area contributed by atoms with E-state index in [1.807, 2.05) is 24.3 Å². The van der Waals surface area contributed by atoms with E-state index in [1.54, 1.807) is 61.5 Å². The molecule has 30 heavy (non-hydrogen) atoms. The molecule has 3 rings (SSSR count). The third-order valence-corrected chi connectivity index (χ3v) is 6.78. The Bertz CT molecular complexity index is 1110. The summed E-state index contributed by atoms with van der Waals surface area (Å²) in [6.07, 6.45) is 0. The van der Waals surface area contributed by atoms with Crippen molar-refractivity contribution in [2.75, 3.05) is 16.2 Å². The van der Waals surface area contributed by atoms with Crippen LogP contribution < -0.4 is 9.62 Å². The maximum atomic E-state index is 13.0. The highest BCUT2D eigenvalue weighted by molar-refractivity contribution is 7.92. The fourth-order valence-electron chi connectivity index (χ4n) is 3.30. The lowest BCUT2D eigenvalue weighted by atomic mass is 10.0. The van der Waals surface area contributed by atoms with Gasteiger partial charge in [0, 0.05) is 17.8 Å². The third kappa shape index (κ3) is 4.54. The Morgan fingerprint density at radius 2 is 1.50 bits per heavy atom. The molecule has 0 atom stereocenters. The van der Waals surface area contributed by atoms with Crippen molar-refractivity contribution in [3.8, 4) is 0 Å². The van der Waals surface area contributed by atoms with Crippen molar-refractivity contribution < 1.29 is 13.2 Å². The molecule has 3 aromatic rings. The second-order valence-electron chi connectivity index (χ2n) is 7.23. The van der Waals surface area contributed by atoms with E-state index in [-0.39, 0.29) is 23.3 Å². The maximum absolute atomic E-state index is 13.0. The number of rotatable bonds is 7. The van der Waals surface area contributed by atoms with Crippen LogP contribution in [-0.4, -0.2) is 20.9 Å². The molecule has 6 heteroatoms. The Kier molecular flexibility index (Phi) is 6.57. The number of carbonyl (C=O) groups is 1. The van der Waals surface area contributed by atoms with E-state index in [4.69, 9.17) is 0 Å². The molecule has 1 amide bonds. The molecule has 0 aliphatic carbocycles. The molecule has 0 aliphatic heterocycles. The average molecular weight is 423 g/mol. The Morgan fingerprint density at radius 3 is 2.10 bits per heavy atom. The summed E-state index contributed by atoms with van der Waals surface area (Å²) in [5.41, 5.74) is 2.82. The summed E-state index contributed by atoms with van der Waals surface area (Å²) in [6, 6.07) is 22.6. The fraction of sp³-hybridized carbons (Fsp3) is 0.208. The summed E-state index contributed by atoms with van der Waals surface area (Å²) in [4.78, 5) is 13.0. The first kappa shape index (κ1) is 21.6. The van der Waals surface area contributed by atoms with Crippen molar-refractivity contribution in [3.63, 3.8) is 0 Å². The summed E-state index contributed by atoms with van der Waals surface area (Å²) < 4.78 is 27.3. The summed E-state index contributed by atoms with van der Waals surface area (Å²) in [6.45, 7) is 6.22. The van der Waals surface area contributed by atoms with Gasteiger partial charge in [0.05, 0.1) is 10.6 Å². The molecule has 156 valence electrons. The summed E-state index contributed by atoms with van der Waals surface area (Å²) >= 11 is 0. The van der Waals surface area contributed by atoms with Crippen molar-refractivity contribution in [2.45, 2.75) is 31.6 Å². The van der Waals surface area contributed by atoms with Gasteiger partial charge in [-0.3, -0.25) is 9.10 Å². The molecule has 0 radical (unpaired) electrons. The van der Waals surface area contributed by atoms with E-state index in [1.165, 1.54) is 4.31 Å². The second kappa shape index (κ2) is 9.13. The highest BCUT2D eigenvalue weighted by atomic mass is 32.2. The molecular weight excluding hydrogens is 396 g/mol. The lowest BCUT2D eigenvalue weighted by molar-refractivity contribution is 0.102. The highest BCUT2D eigenvalue weighted by Crippen LogP contribution is 2.26. The van der Waals surface area contributed by atoms with Crippen LogP contribution in [-0.2, 0) is 10.0 Å². The SMILES string of the molecule is CCN(c1ccc(C(=O)Nc2ccccc2C(C)C)cc1)S(=O)(=O)c1ccccc1. The second-order valence-corrected chi connectivity index (χ2v) is 9.09. The predicted molar refractivity (Wildman–Crippen MR) is 122 cm³/mol. The van der Waals surface area contributed by atoms with Crippen molar-refractivity contribution in [1.29, 1.82) is 0 Å². The molecule has 0 aliphatic rings. The van der Waals surface area contributed by atoms with Crippen LogP contribution in [0.25, 0.3) is 0 Å². The van der Waals surface area contributed by atoms with Crippen LogP contribution in [0.4, 0.5) is 11.4 Å². The molecule has 0 spiro atoms. The number of para-hydroxylation sites is 1. The topological polar surface area (TPSA) is 66.5 Å². The lowest BCUT2D eigenvalue weighted by Gasteiger charge is -2.23. The van der Waals surface area contributed by atoms with Crippen molar-refractivity contribution >= 4 is 27.3 Å². The fourth-order valence-corrected chi connectivity index (χ4v) is 4.79. The van der Waals surface area contributed by atoms with E-state index < -0.39 is 10.0 Å². The van der Waals surface area contributed by atoms with Gasteiger partial charge in [0.15, 0.2) is 0 Å². The number of sulfonamides is 1. The van der Waals surface area contributed by atoms with Gasteiger partial charge in [0.1, 0.15) is 0 Å². The van der Waals surface area contributed by atoms with Gasteiger partial charge >= 0.3 is 0 Å². The van der Waals surface area contributed by atoms with Crippen molar-refractivity contribution in [3.05, 3.63) is 90.0 Å². The van der Waals surface area contributed by atoms with E-state index in [0.717, 1.165) is 11.3 Å². The zero-order valence-corrected chi connectivity index (χ0v) is 18.2. The first-order valence-corrected chi connectivity index (χ1v) is 11.4. The van der Waals surface area contributed by atoms with Crippen LogP contribution in [0.3, 0.4) is 0 Å². The van der Waals surface area contributed by atoms with Gasteiger partial charge in [-0.15, -0.1) is 0 Å². The Morgan fingerprint density at radius 1 is 0.900 bits per heavy atom. The molecule has 0 saturated carbocycles. The van der Waals surface area contributed by atoms with Gasteiger partial charge in [-0.25, -0.2) is 8.42 Å². The number of nitrogens with zero attached hydrogens (tertiary/aromatic N) is 1. The van der Waals surface area contributed by atoms with Crippen molar-refractivity contribution in [1.82, 2.24) is 0 Å². The molecule has 0 aromatic heterocycles. The summed E-state index contributed by atoms with van der Waals surface area (Å²) in [5, 5.41) is 2.96. The van der Waals surface area contributed by atoms with E-state index in [9.17, 15) is 13.2 Å². The highest BCUT2D eigenvalue weighted by Gasteiger charge is 2.23. The normalized spacial score (nSPS) is 11.3. The minimum atomic E-state index is -3.67. The first-order chi connectivity index (χ1) is 14.3. The molecule has 0 unspecified atom stereocenters. The van der Waals surface area contributed by atoms with E-state index >= 15 is 0 Å². The Labute approximate surface area is 178 Å². The van der Waals surface area contributed by atoms with E-state index in [0.29, 0.717) is 11.3 Å². The average Bonchev–Trinajstić information content (AvgIpc) is 2.75. The van der Waals surface area contributed by atoms with Gasteiger partial charge in [0.25, 0.3) is 15.9 Å². The summed E-state index contributed by atoms with van der Waals surface area (Å²) in [5.74, 6) is 0.0498. The van der Waals surface area contributed by atoms with Gasteiger partial charge in [-0.2, -0.15) is 0 Å². The Hall–Kier alpha value is -3.12. The monoisotopic (exact) mass is 422 g/mol. The Balaban J connectivity index is 1.83. The van der Waals surface area contributed by atoms with Gasteiger partial charge in [-0.05, 0) is 60.9 Å². The third-order valence-electron chi connectivity index (χ3n) is 4.87. The quantitative estimate of drug-likeness (QED) is 0.563. The minimum absolute atomic E-state index is 0.233. The number of carbonyl (C=O) groups excluding carboxylic acids is 1. The zero-order valence-electron chi connectivity index (χ0n) is 17.4. The molecule has 0 bridgehead atoms. The van der Waals surface area contributed by atoms with Crippen LogP contribution in [0.2, 0.25) is 0 Å². The number of hydrogen-bond donors (Lipinski definition) is 1. The summed E-state index contributed by atoms with van der Waals surface area (Å²) in [7, 11) is -3.67. The largest absolute Gasteiger partial charge is 0.322 e. The van der Waals surface area contributed by atoms with E-state index in [2.05, 4.69) is 19.2 Å². The van der Waals surface area contributed by atoms with Crippen LogP contribution in [0, 0.1) is 0 Å². The molecule has 3 aromatic carbocycles. The molecule has 0 fully saturated rings. The predicted octanol–water partition coefficient (Wildman–Crippen LogP) is 5.28. The molecular formula is C24H26N2O3S. The lowest BCUT2D eigenvalue weighted by Crippen LogP contribution is -2.30. The molecule has 5 nitrogen and oxygen atoms in total. The number of benzene rings is 3. The van der Waals surface area contributed by atoms with Crippen LogP contribution in [0.1, 0.15) is 42.6 Å². The molecule has 1 N–H and O–H groups in total. The van der Waals surface area contributed by atoms with Gasteiger partial charge in [-0.1, -0.05) is 50.2 Å². The smallest absolute Gasteiger partial charge is 0.264 e. The first-order valence-electron chi connectivity index (χ1n) is 9.92. The zero-order chi connectivity index (χ0) is 21.7. The van der Waals surface area contributed by atoms with Crippen molar-refractivity contribution in [2.24, 2.45) is 0 Å². The van der Waals surface area contributed by atoms with Crippen LogP contribution in [0.15, 0.2) is 83.8 Å². The van der Waals surface area contributed by atoms with Gasteiger partial charge < -0.3 is 5.32 Å². The van der Waals surface area contributed by atoms with Gasteiger partial charge in [0.2, 0.25) is 0 Å². The number of anilines is 2. The standard InChI is InChI=1S/C24H26N2O3S/c1-4-26(30(28,29)21-10-6-5-7-11-21)20-16-14-19(15-17-20)24(27)25-23-13-9-8-12-22(23)18(2)3/h5-18H,4H2,1-3H3,(H,25,27). The van der Waals surface area contributed by atoms with Crippen LogP contribution >= 0.6 is 0 Å². The molecule has 0 saturated heterocycles. The minimum Gasteiger partial charge on any atom is -0.322 e. The number of amides is 1. The maximum Gasteiger partial charge on any atom is 0.264 e. The number of hydrogen-bond acceptors (Lipinski definition) is 3. The molecule has 0 heterocycles. The van der Waals surface area contributed by atoms with Crippen LogP contribution in [0.5, 0.6) is 0 Å². The number of nitrogens with one attached hydrogen (secondary N) is 1.